The number of methoxy groups -OCH3 is 1. The first-order chi connectivity index (χ1) is 12.0. The summed E-state index contributed by atoms with van der Waals surface area (Å²) in [7, 11) is 3.42. The van der Waals surface area contributed by atoms with Gasteiger partial charge in [0.15, 0.2) is 5.78 Å². The van der Waals surface area contributed by atoms with Gasteiger partial charge in [-0.05, 0) is 36.4 Å². The highest BCUT2D eigenvalue weighted by atomic mass is 79.9. The van der Waals surface area contributed by atoms with E-state index in [0.29, 0.717) is 11.3 Å². The molecule has 0 bridgehead atoms. The van der Waals surface area contributed by atoms with Crippen molar-refractivity contribution in [2.45, 2.75) is 6.54 Å². The SMILES string of the molecule is COc1ccc(C(=O)Cn2cc(-c3cccc(Br)c3)n(C)c2=N)cc1. The molecule has 0 aliphatic carbocycles. The minimum absolute atomic E-state index is 0.0486. The molecule has 1 N–H and O–H groups in total. The Morgan fingerprint density at radius 3 is 2.56 bits per heavy atom. The molecule has 2 aromatic carbocycles. The van der Waals surface area contributed by atoms with E-state index in [4.69, 9.17) is 10.1 Å². The van der Waals surface area contributed by atoms with Gasteiger partial charge in [-0.2, -0.15) is 0 Å². The molecule has 3 rings (SSSR count). The fourth-order valence-electron chi connectivity index (χ4n) is 2.66. The molecule has 1 heterocycles. The van der Waals surface area contributed by atoms with Crippen molar-refractivity contribution in [3.8, 4) is 17.0 Å². The van der Waals surface area contributed by atoms with Crippen LogP contribution >= 0.6 is 15.9 Å². The number of carbonyl (C=O) groups excluding carboxylic acids is 1. The fourth-order valence-corrected chi connectivity index (χ4v) is 3.06. The van der Waals surface area contributed by atoms with Crippen LogP contribution in [-0.4, -0.2) is 22.0 Å². The first-order valence-electron chi connectivity index (χ1n) is 7.73. The number of hydrogen-bond donors (Lipinski definition) is 1. The largest absolute Gasteiger partial charge is 0.497 e. The third kappa shape index (κ3) is 3.58. The van der Waals surface area contributed by atoms with E-state index in [1.165, 1.54) is 0 Å². The normalized spacial score (nSPS) is 10.7. The van der Waals surface area contributed by atoms with Crippen molar-refractivity contribution in [2.75, 3.05) is 7.11 Å². The zero-order valence-electron chi connectivity index (χ0n) is 14.0. The summed E-state index contributed by atoms with van der Waals surface area (Å²) in [5.74, 6) is 0.662. The maximum Gasteiger partial charge on any atom is 0.202 e. The first kappa shape index (κ1) is 17.2. The number of hydrogen-bond acceptors (Lipinski definition) is 3. The highest BCUT2D eigenvalue weighted by Gasteiger charge is 2.12. The van der Waals surface area contributed by atoms with E-state index in [-0.39, 0.29) is 17.9 Å². The molecule has 0 radical (unpaired) electrons. The average Bonchev–Trinajstić information content (AvgIpc) is 2.90. The van der Waals surface area contributed by atoms with Crippen molar-refractivity contribution in [1.82, 2.24) is 9.13 Å². The van der Waals surface area contributed by atoms with E-state index in [0.717, 1.165) is 15.7 Å². The molecule has 0 aliphatic heterocycles. The molecule has 0 amide bonds. The van der Waals surface area contributed by atoms with Crippen LogP contribution in [0.5, 0.6) is 5.75 Å². The van der Waals surface area contributed by atoms with Gasteiger partial charge in [0, 0.05) is 28.8 Å². The lowest BCUT2D eigenvalue weighted by Gasteiger charge is -2.04. The second-order valence-electron chi connectivity index (χ2n) is 5.69. The molecule has 1 aromatic heterocycles. The smallest absolute Gasteiger partial charge is 0.202 e. The Hall–Kier alpha value is -2.60. The van der Waals surface area contributed by atoms with Crippen LogP contribution in [-0.2, 0) is 13.6 Å². The van der Waals surface area contributed by atoms with Gasteiger partial charge in [-0.15, -0.1) is 0 Å². The Labute approximate surface area is 154 Å². The van der Waals surface area contributed by atoms with Crippen LogP contribution in [0.25, 0.3) is 11.3 Å². The number of nitrogens with one attached hydrogen (secondary N) is 1. The van der Waals surface area contributed by atoms with Crippen LogP contribution in [0.1, 0.15) is 10.4 Å². The van der Waals surface area contributed by atoms with E-state index in [9.17, 15) is 4.79 Å². The molecule has 6 heteroatoms. The van der Waals surface area contributed by atoms with E-state index in [1.54, 1.807) is 40.5 Å². The summed E-state index contributed by atoms with van der Waals surface area (Å²) in [6.07, 6.45) is 1.84. The van der Waals surface area contributed by atoms with Gasteiger partial charge in [0.1, 0.15) is 5.75 Å². The molecule has 0 fully saturated rings. The Kier molecular flexibility index (Phi) is 4.90. The molecular weight excluding hydrogens is 382 g/mol. The van der Waals surface area contributed by atoms with E-state index in [2.05, 4.69) is 15.9 Å². The highest BCUT2D eigenvalue weighted by Crippen LogP contribution is 2.22. The molecule has 0 aliphatic rings. The molecular formula is C19H18BrN3O2. The summed E-state index contributed by atoms with van der Waals surface area (Å²) in [5.41, 5.74) is 2.74. The molecule has 5 nitrogen and oxygen atoms in total. The van der Waals surface area contributed by atoms with Crippen molar-refractivity contribution in [3.63, 3.8) is 0 Å². The quantitative estimate of drug-likeness (QED) is 0.665. The summed E-state index contributed by atoms with van der Waals surface area (Å²) in [6.45, 7) is 0.118. The van der Waals surface area contributed by atoms with Crippen LogP contribution in [0, 0.1) is 5.41 Å². The number of aromatic nitrogens is 2. The molecule has 0 atom stereocenters. The topological polar surface area (TPSA) is 60.0 Å². The van der Waals surface area contributed by atoms with Gasteiger partial charge < -0.3 is 13.9 Å². The van der Waals surface area contributed by atoms with Crippen LogP contribution in [0.2, 0.25) is 0 Å². The zero-order chi connectivity index (χ0) is 18.0. The number of ketones is 1. The van der Waals surface area contributed by atoms with Crippen molar-refractivity contribution < 1.29 is 9.53 Å². The predicted molar refractivity (Wildman–Crippen MR) is 99.7 cm³/mol. The van der Waals surface area contributed by atoms with Crippen molar-refractivity contribution in [1.29, 1.82) is 5.41 Å². The van der Waals surface area contributed by atoms with Crippen molar-refractivity contribution in [2.24, 2.45) is 7.05 Å². The number of carbonyl (C=O) groups is 1. The summed E-state index contributed by atoms with van der Waals surface area (Å²) < 4.78 is 9.50. The Balaban J connectivity index is 1.89. The van der Waals surface area contributed by atoms with Gasteiger partial charge in [-0.3, -0.25) is 10.2 Å². The number of ether oxygens (including phenoxy) is 1. The van der Waals surface area contributed by atoms with E-state index in [1.807, 2.05) is 37.5 Å². The molecule has 0 saturated heterocycles. The molecule has 0 unspecified atom stereocenters. The predicted octanol–water partition coefficient (Wildman–Crippen LogP) is 3.63. The van der Waals surface area contributed by atoms with Crippen LogP contribution in [0.3, 0.4) is 0 Å². The van der Waals surface area contributed by atoms with Gasteiger partial charge in [-0.25, -0.2) is 0 Å². The number of nitrogens with zero attached hydrogens (tertiary/aromatic N) is 2. The third-order valence-corrected chi connectivity index (χ3v) is 4.57. The van der Waals surface area contributed by atoms with E-state index >= 15 is 0 Å². The number of halogens is 1. The molecule has 3 aromatic rings. The number of rotatable bonds is 5. The maximum absolute atomic E-state index is 12.5. The lowest BCUT2D eigenvalue weighted by molar-refractivity contribution is 0.0970. The van der Waals surface area contributed by atoms with Crippen molar-refractivity contribution >= 4 is 21.7 Å². The maximum atomic E-state index is 12.5. The summed E-state index contributed by atoms with van der Waals surface area (Å²) in [4.78, 5) is 12.5. The molecule has 0 spiro atoms. The van der Waals surface area contributed by atoms with Gasteiger partial charge in [0.05, 0.1) is 19.3 Å². The third-order valence-electron chi connectivity index (χ3n) is 4.08. The van der Waals surface area contributed by atoms with Crippen LogP contribution in [0.15, 0.2) is 59.2 Å². The Morgan fingerprint density at radius 1 is 1.20 bits per heavy atom. The summed E-state index contributed by atoms with van der Waals surface area (Å²) in [5, 5.41) is 8.28. The monoisotopic (exact) mass is 399 g/mol. The number of benzene rings is 2. The Bertz CT molecular complexity index is 971. The summed E-state index contributed by atoms with van der Waals surface area (Å²) >= 11 is 3.46. The number of Topliss-reactive ketones (excluding diaryl/α,β-unsaturated/α-hetero) is 1. The van der Waals surface area contributed by atoms with Gasteiger partial charge in [-0.1, -0.05) is 28.1 Å². The fraction of sp³-hybridized carbons (Fsp3) is 0.158. The Morgan fingerprint density at radius 2 is 1.92 bits per heavy atom. The van der Waals surface area contributed by atoms with E-state index < -0.39 is 0 Å². The molecule has 128 valence electrons. The highest BCUT2D eigenvalue weighted by molar-refractivity contribution is 9.10. The van der Waals surface area contributed by atoms with Crippen molar-refractivity contribution in [3.05, 3.63) is 70.4 Å². The van der Waals surface area contributed by atoms with Gasteiger partial charge in [0.25, 0.3) is 0 Å². The second-order valence-corrected chi connectivity index (χ2v) is 6.60. The lowest BCUT2D eigenvalue weighted by atomic mass is 10.1. The van der Waals surface area contributed by atoms with Gasteiger partial charge >= 0.3 is 0 Å². The second kappa shape index (κ2) is 7.11. The molecule has 0 saturated carbocycles. The lowest BCUT2D eigenvalue weighted by Crippen LogP contribution is -2.25. The minimum Gasteiger partial charge on any atom is -0.497 e. The molecule has 25 heavy (non-hydrogen) atoms. The van der Waals surface area contributed by atoms with Crippen LogP contribution < -0.4 is 10.4 Å². The minimum atomic E-state index is -0.0486. The average molecular weight is 400 g/mol. The van der Waals surface area contributed by atoms with Crippen LogP contribution in [0.4, 0.5) is 0 Å². The number of imidazole rings is 1. The summed E-state index contributed by atoms with van der Waals surface area (Å²) in [6, 6.07) is 14.9. The first-order valence-corrected chi connectivity index (χ1v) is 8.53. The standard InChI is InChI=1S/C19H18BrN3O2/c1-22-17(14-4-3-5-15(20)10-14)11-23(19(22)21)12-18(24)13-6-8-16(25-2)9-7-13/h3-11,21H,12H2,1-2H3. The van der Waals surface area contributed by atoms with Gasteiger partial charge in [0.2, 0.25) is 5.62 Å². The zero-order valence-corrected chi connectivity index (χ0v) is 15.6.